The molecular formula is C29H36ClNO7. The minimum absolute atomic E-state index is 0.0483. The van der Waals surface area contributed by atoms with Gasteiger partial charge in [0.1, 0.15) is 12.4 Å². The van der Waals surface area contributed by atoms with Gasteiger partial charge in [-0.3, -0.25) is 14.4 Å². The molecule has 1 amide bonds. The minimum atomic E-state index is -0.919. The van der Waals surface area contributed by atoms with Crippen molar-refractivity contribution in [1.82, 2.24) is 0 Å². The average molecular weight is 546 g/mol. The van der Waals surface area contributed by atoms with Crippen LogP contribution in [0.1, 0.15) is 58.4 Å². The van der Waals surface area contributed by atoms with Crippen molar-refractivity contribution in [2.75, 3.05) is 23.9 Å². The molecule has 1 fully saturated rings. The van der Waals surface area contributed by atoms with Crippen molar-refractivity contribution in [3.63, 3.8) is 0 Å². The summed E-state index contributed by atoms with van der Waals surface area (Å²) in [5.74, 6) is -0.00913. The summed E-state index contributed by atoms with van der Waals surface area (Å²) in [5, 5.41) is 10.8. The number of halogens is 1. The Labute approximate surface area is 228 Å². The molecule has 0 radical (unpaired) electrons. The zero-order valence-corrected chi connectivity index (χ0v) is 23.1. The minimum Gasteiger partial charge on any atom is -0.481 e. The maximum atomic E-state index is 13.2. The molecule has 4 rings (SSSR count). The van der Waals surface area contributed by atoms with Gasteiger partial charge in [0, 0.05) is 55.5 Å². The highest BCUT2D eigenvalue weighted by atomic mass is 35.5. The lowest BCUT2D eigenvalue weighted by atomic mass is 9.79. The number of fused-ring (bicyclic) bond motifs is 3. The lowest BCUT2D eigenvalue weighted by molar-refractivity contribution is -0.223. The number of aliphatic carboxylic acids is 1. The summed E-state index contributed by atoms with van der Waals surface area (Å²) < 4.78 is 18.2. The molecule has 0 aliphatic carbocycles. The van der Waals surface area contributed by atoms with Crippen LogP contribution in [0.2, 0.25) is 0 Å². The second-order valence-electron chi connectivity index (χ2n) is 10.5. The van der Waals surface area contributed by atoms with E-state index in [0.29, 0.717) is 18.2 Å². The van der Waals surface area contributed by atoms with Gasteiger partial charge in [-0.25, -0.2) is 0 Å². The fraction of sp³-hybridized carbons (Fsp3) is 0.552. The lowest BCUT2D eigenvalue weighted by Gasteiger charge is -2.43. The smallest absolute Gasteiger partial charge is 0.303 e. The molecule has 2 aromatic carbocycles. The molecule has 1 N–H and O–H groups in total. The third-order valence-electron chi connectivity index (χ3n) is 8.07. The number of rotatable bonds is 9. The van der Waals surface area contributed by atoms with Crippen LogP contribution in [0.15, 0.2) is 30.3 Å². The largest absolute Gasteiger partial charge is 0.481 e. The van der Waals surface area contributed by atoms with E-state index in [9.17, 15) is 14.4 Å². The number of ether oxygens (including phenoxy) is 3. The number of carboxylic acid groups (broad SMARTS) is 1. The topological polar surface area (TPSA) is 102 Å². The van der Waals surface area contributed by atoms with Gasteiger partial charge in [0.2, 0.25) is 12.2 Å². The molecule has 9 heteroatoms. The van der Waals surface area contributed by atoms with Gasteiger partial charge in [-0.2, -0.15) is 0 Å². The number of carbonyl (C=O) groups is 3. The summed E-state index contributed by atoms with van der Waals surface area (Å²) >= 11 is 6.36. The molecule has 2 aliphatic heterocycles. The van der Waals surface area contributed by atoms with Crippen molar-refractivity contribution < 1.29 is 33.7 Å². The first kappa shape index (κ1) is 28.2. The van der Waals surface area contributed by atoms with Gasteiger partial charge < -0.3 is 24.2 Å². The van der Waals surface area contributed by atoms with E-state index in [-0.39, 0.29) is 67.5 Å². The first-order valence-corrected chi connectivity index (χ1v) is 13.7. The Morgan fingerprint density at radius 2 is 1.79 bits per heavy atom. The molecule has 0 bridgehead atoms. The molecule has 8 nitrogen and oxygen atoms in total. The average Bonchev–Trinajstić information content (AvgIpc) is 3.27. The number of hydrogen-bond acceptors (Lipinski definition) is 6. The van der Waals surface area contributed by atoms with Crippen molar-refractivity contribution in [2.45, 2.75) is 65.3 Å². The van der Waals surface area contributed by atoms with E-state index >= 15 is 0 Å². The zero-order chi connectivity index (χ0) is 27.6. The SMILES string of the molecule is CC(=O)OCC1OC(Oc2cc3c(c4ccccc24)[C@H](CCl)CN3C(=O)CCCC(=O)O)C(C)C(C)C1C. The molecule has 2 heterocycles. The Balaban J connectivity index is 1.68. The van der Waals surface area contributed by atoms with Crippen molar-refractivity contribution in [3.05, 3.63) is 35.9 Å². The van der Waals surface area contributed by atoms with Crippen LogP contribution in [-0.4, -0.2) is 54.4 Å². The lowest BCUT2D eigenvalue weighted by Crippen LogP contribution is -2.49. The molecular weight excluding hydrogens is 510 g/mol. The van der Waals surface area contributed by atoms with E-state index in [1.54, 1.807) is 4.90 Å². The Kier molecular flexibility index (Phi) is 8.83. The van der Waals surface area contributed by atoms with Crippen LogP contribution in [0, 0.1) is 17.8 Å². The van der Waals surface area contributed by atoms with Gasteiger partial charge >= 0.3 is 11.9 Å². The fourth-order valence-corrected chi connectivity index (χ4v) is 5.79. The molecule has 5 unspecified atom stereocenters. The van der Waals surface area contributed by atoms with Crippen molar-refractivity contribution in [2.24, 2.45) is 17.8 Å². The third-order valence-corrected chi connectivity index (χ3v) is 8.45. The monoisotopic (exact) mass is 545 g/mol. The van der Waals surface area contributed by atoms with E-state index in [0.717, 1.165) is 22.0 Å². The molecule has 1 saturated heterocycles. The molecule has 0 aromatic heterocycles. The first-order chi connectivity index (χ1) is 18.1. The van der Waals surface area contributed by atoms with E-state index in [1.165, 1.54) is 6.92 Å². The zero-order valence-electron chi connectivity index (χ0n) is 22.3. The van der Waals surface area contributed by atoms with E-state index in [2.05, 4.69) is 20.8 Å². The Morgan fingerprint density at radius 3 is 2.45 bits per heavy atom. The molecule has 0 spiro atoms. The quantitative estimate of drug-likeness (QED) is 0.335. The van der Waals surface area contributed by atoms with Crippen molar-refractivity contribution in [1.29, 1.82) is 0 Å². The predicted octanol–water partition coefficient (Wildman–Crippen LogP) is 5.34. The standard InChI is InChI=1S/C29H36ClNO7/c1-16-17(2)25(15-36-19(4)32)38-29(18(16)3)37-24-12-23-28(22-9-6-5-8-21(22)24)20(13-30)14-31(23)26(33)10-7-11-27(34)35/h5-6,8-9,12,16-18,20,25,29H,7,10-11,13-15H2,1-4H3,(H,34,35)/t16?,17?,18?,20-,25?,29?/m1/s1. The van der Waals surface area contributed by atoms with Gasteiger partial charge in [-0.05, 0) is 29.2 Å². The summed E-state index contributed by atoms with van der Waals surface area (Å²) in [4.78, 5) is 37.3. The summed E-state index contributed by atoms with van der Waals surface area (Å²) in [7, 11) is 0. The van der Waals surface area contributed by atoms with Gasteiger partial charge in [-0.15, -0.1) is 11.6 Å². The number of alkyl halides is 1. The van der Waals surface area contributed by atoms with Gasteiger partial charge in [-0.1, -0.05) is 45.0 Å². The van der Waals surface area contributed by atoms with Gasteiger partial charge in [0.05, 0.1) is 11.8 Å². The summed E-state index contributed by atoms with van der Waals surface area (Å²) in [6.07, 6.45) is -0.522. The summed E-state index contributed by atoms with van der Waals surface area (Å²) in [6, 6.07) is 9.79. The fourth-order valence-electron chi connectivity index (χ4n) is 5.53. The number of nitrogens with zero attached hydrogens (tertiary/aromatic N) is 1. The molecule has 206 valence electrons. The second-order valence-corrected chi connectivity index (χ2v) is 10.8. The number of benzene rings is 2. The number of esters is 1. The van der Waals surface area contributed by atoms with E-state index in [4.69, 9.17) is 30.9 Å². The summed E-state index contributed by atoms with van der Waals surface area (Å²) in [5.41, 5.74) is 1.74. The molecule has 38 heavy (non-hydrogen) atoms. The molecule has 2 aliphatic rings. The highest BCUT2D eigenvalue weighted by Crippen LogP contribution is 2.47. The maximum Gasteiger partial charge on any atom is 0.303 e. The van der Waals surface area contributed by atoms with Crippen LogP contribution in [0.3, 0.4) is 0 Å². The van der Waals surface area contributed by atoms with Crippen LogP contribution in [0.4, 0.5) is 5.69 Å². The number of carbonyl (C=O) groups excluding carboxylic acids is 2. The number of amides is 1. The van der Waals surface area contributed by atoms with E-state index in [1.807, 2.05) is 30.3 Å². The van der Waals surface area contributed by atoms with E-state index < -0.39 is 12.3 Å². The Bertz CT molecular complexity index is 1200. The van der Waals surface area contributed by atoms with Gasteiger partial charge in [0.25, 0.3) is 0 Å². The Hall–Kier alpha value is -2.84. The summed E-state index contributed by atoms with van der Waals surface area (Å²) in [6.45, 7) is 8.31. The van der Waals surface area contributed by atoms with Crippen LogP contribution in [-0.2, 0) is 23.9 Å². The highest BCUT2D eigenvalue weighted by molar-refractivity contribution is 6.19. The molecule has 6 atom stereocenters. The molecule has 0 saturated carbocycles. The second kappa shape index (κ2) is 11.9. The highest BCUT2D eigenvalue weighted by Gasteiger charge is 2.41. The van der Waals surface area contributed by atoms with Crippen LogP contribution in [0.25, 0.3) is 10.8 Å². The maximum absolute atomic E-state index is 13.2. The first-order valence-electron chi connectivity index (χ1n) is 13.2. The third kappa shape index (κ3) is 5.76. The van der Waals surface area contributed by atoms with Crippen LogP contribution in [0.5, 0.6) is 5.75 Å². The number of anilines is 1. The van der Waals surface area contributed by atoms with Crippen molar-refractivity contribution >= 4 is 45.9 Å². The van der Waals surface area contributed by atoms with Crippen LogP contribution < -0.4 is 9.64 Å². The Morgan fingerprint density at radius 1 is 1.08 bits per heavy atom. The predicted molar refractivity (Wildman–Crippen MR) is 145 cm³/mol. The number of carboxylic acids is 1. The molecule has 2 aromatic rings. The van der Waals surface area contributed by atoms with Gasteiger partial charge in [0.15, 0.2) is 0 Å². The number of hydrogen-bond donors (Lipinski definition) is 1. The van der Waals surface area contributed by atoms with Crippen molar-refractivity contribution in [3.8, 4) is 5.75 Å². The normalized spacial score (nSPS) is 26.7. The van der Waals surface area contributed by atoms with Crippen LogP contribution >= 0.6 is 11.6 Å².